The van der Waals surface area contributed by atoms with E-state index in [4.69, 9.17) is 23.2 Å². The Morgan fingerprint density at radius 2 is 1.81 bits per heavy atom. The molecule has 0 bridgehead atoms. The summed E-state index contributed by atoms with van der Waals surface area (Å²) in [7, 11) is -3.76. The third kappa shape index (κ3) is 3.87. The summed E-state index contributed by atoms with van der Waals surface area (Å²) < 4.78 is 23.8. The Morgan fingerprint density at radius 1 is 1.14 bits per heavy atom. The summed E-state index contributed by atoms with van der Waals surface area (Å²) >= 11 is 11.5. The molecule has 8 heteroatoms. The third-order valence-corrected chi connectivity index (χ3v) is 4.23. The van der Waals surface area contributed by atoms with Crippen LogP contribution in [0.1, 0.15) is 5.56 Å². The van der Waals surface area contributed by atoms with Gasteiger partial charge in [-0.3, -0.25) is 0 Å². The lowest BCUT2D eigenvalue weighted by atomic mass is 10.2. The van der Waals surface area contributed by atoms with Crippen LogP contribution in [0.25, 0.3) is 0 Å². The maximum absolute atomic E-state index is 11.9. The SMILES string of the molecule is O=S(=O)(N/N=C/c1cc(Cl)cc(Cl)c1O)c1ccccc1. The van der Waals surface area contributed by atoms with Crippen molar-refractivity contribution in [3.8, 4) is 5.75 Å². The standard InChI is InChI=1S/C13H10Cl2N2O3S/c14-10-6-9(13(18)12(15)7-10)8-16-17-21(19,20)11-4-2-1-3-5-11/h1-8,17-18H/b16-8+. The van der Waals surface area contributed by atoms with Crippen LogP contribution in [0.5, 0.6) is 5.75 Å². The number of aromatic hydroxyl groups is 1. The minimum Gasteiger partial charge on any atom is -0.506 e. The summed E-state index contributed by atoms with van der Waals surface area (Å²) in [5.41, 5.74) is 0.197. The molecule has 21 heavy (non-hydrogen) atoms. The number of sulfonamides is 1. The van der Waals surface area contributed by atoms with Crippen molar-refractivity contribution >= 4 is 39.4 Å². The largest absolute Gasteiger partial charge is 0.506 e. The predicted molar refractivity (Wildman–Crippen MR) is 82.5 cm³/mol. The Balaban J connectivity index is 2.20. The summed E-state index contributed by atoms with van der Waals surface area (Å²) in [6, 6.07) is 10.5. The fourth-order valence-electron chi connectivity index (χ4n) is 1.50. The van der Waals surface area contributed by atoms with E-state index in [0.29, 0.717) is 5.02 Å². The van der Waals surface area contributed by atoms with Gasteiger partial charge in [-0.1, -0.05) is 41.4 Å². The van der Waals surface area contributed by atoms with E-state index in [9.17, 15) is 13.5 Å². The maximum atomic E-state index is 11.9. The molecule has 0 aliphatic rings. The molecule has 0 spiro atoms. The molecule has 2 N–H and O–H groups in total. The van der Waals surface area contributed by atoms with Crippen LogP contribution in [0.3, 0.4) is 0 Å². The van der Waals surface area contributed by atoms with Crippen LogP contribution >= 0.6 is 23.2 Å². The van der Waals surface area contributed by atoms with Gasteiger partial charge in [-0.05, 0) is 24.3 Å². The first kappa shape index (κ1) is 15.6. The van der Waals surface area contributed by atoms with Crippen molar-refractivity contribution in [2.45, 2.75) is 4.90 Å². The summed E-state index contributed by atoms with van der Waals surface area (Å²) in [6.07, 6.45) is 1.12. The van der Waals surface area contributed by atoms with Gasteiger partial charge < -0.3 is 5.11 Å². The second-order valence-electron chi connectivity index (χ2n) is 3.99. The van der Waals surface area contributed by atoms with Gasteiger partial charge in [0.25, 0.3) is 10.0 Å². The number of nitrogens with one attached hydrogen (secondary N) is 1. The summed E-state index contributed by atoms with van der Waals surface area (Å²) in [5, 5.41) is 13.6. The number of hydrazone groups is 1. The second kappa shape index (κ2) is 6.34. The van der Waals surface area contributed by atoms with Crippen LogP contribution in [0, 0.1) is 0 Å². The molecule has 0 amide bonds. The molecule has 0 aliphatic heterocycles. The van der Waals surface area contributed by atoms with Crippen molar-refractivity contribution in [2.75, 3.05) is 0 Å². The molecule has 0 aliphatic carbocycles. The summed E-state index contributed by atoms with van der Waals surface area (Å²) in [4.78, 5) is 2.11. The first-order valence-electron chi connectivity index (χ1n) is 5.68. The number of hydrogen-bond acceptors (Lipinski definition) is 4. The van der Waals surface area contributed by atoms with Gasteiger partial charge in [0.2, 0.25) is 0 Å². The zero-order chi connectivity index (χ0) is 15.5. The molecule has 0 saturated heterocycles. The van der Waals surface area contributed by atoms with Crippen LogP contribution in [-0.2, 0) is 10.0 Å². The van der Waals surface area contributed by atoms with Crippen LogP contribution in [0.15, 0.2) is 52.5 Å². The Morgan fingerprint density at radius 3 is 2.48 bits per heavy atom. The monoisotopic (exact) mass is 344 g/mol. The van der Waals surface area contributed by atoms with Gasteiger partial charge in [0.05, 0.1) is 16.1 Å². The van der Waals surface area contributed by atoms with Gasteiger partial charge in [-0.15, -0.1) is 0 Å². The number of halogens is 2. The maximum Gasteiger partial charge on any atom is 0.276 e. The second-order valence-corrected chi connectivity index (χ2v) is 6.50. The van der Waals surface area contributed by atoms with Crippen LogP contribution in [0.2, 0.25) is 10.0 Å². The molecular formula is C13H10Cl2N2O3S. The van der Waals surface area contributed by atoms with Crippen LogP contribution < -0.4 is 4.83 Å². The molecule has 0 fully saturated rings. The smallest absolute Gasteiger partial charge is 0.276 e. The van der Waals surface area contributed by atoms with E-state index in [1.165, 1.54) is 24.3 Å². The van der Waals surface area contributed by atoms with Crippen molar-refractivity contribution in [3.05, 3.63) is 58.1 Å². The molecule has 5 nitrogen and oxygen atoms in total. The first-order chi connectivity index (χ1) is 9.90. The number of rotatable bonds is 4. The first-order valence-corrected chi connectivity index (χ1v) is 7.92. The fourth-order valence-corrected chi connectivity index (χ4v) is 2.82. The van der Waals surface area contributed by atoms with Crippen molar-refractivity contribution in [2.24, 2.45) is 5.10 Å². The topological polar surface area (TPSA) is 78.8 Å². The molecule has 0 saturated carbocycles. The third-order valence-electron chi connectivity index (χ3n) is 2.49. The molecule has 0 atom stereocenters. The highest BCUT2D eigenvalue weighted by Gasteiger charge is 2.11. The molecule has 0 radical (unpaired) electrons. The number of phenols is 1. The van der Waals surface area contributed by atoms with Gasteiger partial charge >= 0.3 is 0 Å². The highest BCUT2D eigenvalue weighted by Crippen LogP contribution is 2.29. The molecule has 0 heterocycles. The van der Waals surface area contributed by atoms with Gasteiger partial charge in [0, 0.05) is 10.6 Å². The molecule has 2 aromatic carbocycles. The number of phenolic OH excluding ortho intramolecular Hbond substituents is 1. The Bertz CT molecular complexity index is 778. The van der Waals surface area contributed by atoms with E-state index in [0.717, 1.165) is 6.21 Å². The average molecular weight is 345 g/mol. The number of nitrogens with zero attached hydrogens (tertiary/aromatic N) is 1. The predicted octanol–water partition coefficient (Wildman–Crippen LogP) is 3.01. The molecule has 2 aromatic rings. The van der Waals surface area contributed by atoms with Gasteiger partial charge in [0.15, 0.2) is 0 Å². The van der Waals surface area contributed by atoms with Crippen LogP contribution in [-0.4, -0.2) is 19.7 Å². The minimum atomic E-state index is -3.76. The fraction of sp³-hybridized carbons (Fsp3) is 0. The average Bonchev–Trinajstić information content (AvgIpc) is 2.45. The molecular weight excluding hydrogens is 335 g/mol. The van der Waals surface area contributed by atoms with Crippen molar-refractivity contribution < 1.29 is 13.5 Å². The van der Waals surface area contributed by atoms with E-state index < -0.39 is 10.0 Å². The lowest BCUT2D eigenvalue weighted by Gasteiger charge is -2.04. The summed E-state index contributed by atoms with van der Waals surface area (Å²) in [6.45, 7) is 0. The van der Waals surface area contributed by atoms with Gasteiger partial charge in [0.1, 0.15) is 5.75 Å². The zero-order valence-corrected chi connectivity index (χ0v) is 12.8. The van der Waals surface area contributed by atoms with Crippen LogP contribution in [0.4, 0.5) is 0 Å². The highest BCUT2D eigenvalue weighted by molar-refractivity contribution is 7.89. The highest BCUT2D eigenvalue weighted by atomic mass is 35.5. The Hall–Kier alpha value is -1.76. The van der Waals surface area contributed by atoms with E-state index in [1.807, 2.05) is 4.83 Å². The lowest BCUT2D eigenvalue weighted by molar-refractivity contribution is 0.474. The normalized spacial score (nSPS) is 11.7. The van der Waals surface area contributed by atoms with Crippen molar-refractivity contribution in [1.82, 2.24) is 4.83 Å². The molecule has 0 aromatic heterocycles. The molecule has 110 valence electrons. The summed E-state index contributed by atoms with van der Waals surface area (Å²) in [5.74, 6) is -0.233. The van der Waals surface area contributed by atoms with E-state index in [2.05, 4.69) is 5.10 Å². The number of hydrogen-bond donors (Lipinski definition) is 2. The van der Waals surface area contributed by atoms with Crippen molar-refractivity contribution in [1.29, 1.82) is 0 Å². The quantitative estimate of drug-likeness (QED) is 0.660. The van der Waals surface area contributed by atoms with E-state index >= 15 is 0 Å². The minimum absolute atomic E-state index is 0.0508. The Kier molecular flexibility index (Phi) is 4.72. The van der Waals surface area contributed by atoms with E-state index in [-0.39, 0.29) is 21.2 Å². The molecule has 0 unspecified atom stereocenters. The molecule has 2 rings (SSSR count). The number of benzene rings is 2. The van der Waals surface area contributed by atoms with Gasteiger partial charge in [-0.25, -0.2) is 4.83 Å². The Labute approximate surface area is 131 Å². The van der Waals surface area contributed by atoms with Crippen molar-refractivity contribution in [3.63, 3.8) is 0 Å². The lowest BCUT2D eigenvalue weighted by Crippen LogP contribution is -2.18. The van der Waals surface area contributed by atoms with E-state index in [1.54, 1.807) is 18.2 Å². The zero-order valence-electron chi connectivity index (χ0n) is 10.5. The van der Waals surface area contributed by atoms with Gasteiger partial charge in [-0.2, -0.15) is 13.5 Å².